The summed E-state index contributed by atoms with van der Waals surface area (Å²) in [6, 6.07) is -0.624. The van der Waals surface area contributed by atoms with Crippen LogP contribution in [0.25, 0.3) is 0 Å². The van der Waals surface area contributed by atoms with E-state index in [9.17, 15) is 19.5 Å². The number of aliphatic carboxylic acids is 1. The lowest BCUT2D eigenvalue weighted by Crippen LogP contribution is -2.50. The normalized spacial score (nSPS) is 13.9. The van der Waals surface area contributed by atoms with E-state index in [0.29, 0.717) is 19.3 Å². The molecule has 0 aliphatic heterocycles. The minimum Gasteiger partial charge on any atom is -0.477 e. The molecular weight excluding hydrogens is 630 g/mol. The zero-order valence-corrected chi connectivity index (χ0v) is 32.1. The summed E-state index contributed by atoms with van der Waals surface area (Å²) >= 11 is 0. The highest BCUT2D eigenvalue weighted by atomic mass is 16.6. The van der Waals surface area contributed by atoms with Gasteiger partial charge in [0.2, 0.25) is 0 Å². The van der Waals surface area contributed by atoms with E-state index in [1.807, 2.05) is 81.9 Å². The molecule has 50 heavy (non-hydrogen) atoms. The number of carbonyl (C=O) groups excluding carboxylic acids is 2. The van der Waals surface area contributed by atoms with Crippen LogP contribution in [0.4, 0.5) is 0 Å². The number of rotatable bonds is 32. The van der Waals surface area contributed by atoms with Gasteiger partial charge < -0.3 is 23.8 Å². The highest BCUT2D eigenvalue weighted by Crippen LogP contribution is 2.13. The van der Waals surface area contributed by atoms with E-state index in [-0.39, 0.29) is 42.7 Å². The van der Waals surface area contributed by atoms with Crippen LogP contribution in [0.1, 0.15) is 123 Å². The second-order valence-electron chi connectivity index (χ2n) is 13.6. The van der Waals surface area contributed by atoms with Gasteiger partial charge in [-0.3, -0.25) is 9.59 Å². The van der Waals surface area contributed by atoms with Gasteiger partial charge in [0.25, 0.3) is 0 Å². The van der Waals surface area contributed by atoms with Gasteiger partial charge in [-0.05, 0) is 32.1 Å². The third kappa shape index (κ3) is 30.8. The number of unbranched alkanes of at least 4 members (excludes halogenated alkanes) is 11. The quantitative estimate of drug-likeness (QED) is 0.0323. The smallest absolute Gasteiger partial charge is 0.362 e. The van der Waals surface area contributed by atoms with E-state index in [2.05, 4.69) is 26.0 Å². The predicted molar refractivity (Wildman–Crippen MR) is 206 cm³/mol. The first-order valence-electron chi connectivity index (χ1n) is 19.1. The number of carboxylic acids is 1. The second kappa shape index (κ2) is 32.9. The lowest BCUT2D eigenvalue weighted by atomic mass is 10.1. The van der Waals surface area contributed by atoms with Gasteiger partial charge in [0, 0.05) is 19.3 Å². The molecule has 0 aromatic rings. The number of hydrogen-bond acceptors (Lipinski definition) is 6. The van der Waals surface area contributed by atoms with E-state index < -0.39 is 18.1 Å². The minimum absolute atomic E-state index is 0.0397. The highest BCUT2D eigenvalue weighted by Gasteiger charge is 2.31. The molecule has 0 heterocycles. The average molecular weight is 701 g/mol. The van der Waals surface area contributed by atoms with Gasteiger partial charge in [-0.15, -0.1) is 0 Å². The number of carbonyl (C=O) groups is 3. The van der Waals surface area contributed by atoms with Crippen LogP contribution >= 0.6 is 0 Å². The molecule has 8 nitrogen and oxygen atoms in total. The fourth-order valence-electron chi connectivity index (χ4n) is 5.06. The molecule has 0 saturated heterocycles. The third-order valence-corrected chi connectivity index (χ3v) is 8.03. The molecule has 1 N–H and O–H groups in total. The molecule has 0 spiro atoms. The number of quaternary nitrogens is 1. The van der Waals surface area contributed by atoms with Crippen molar-refractivity contribution in [2.45, 2.75) is 135 Å². The third-order valence-electron chi connectivity index (χ3n) is 8.03. The Balaban J connectivity index is 4.54. The van der Waals surface area contributed by atoms with Crippen molar-refractivity contribution in [3.8, 4) is 0 Å². The van der Waals surface area contributed by atoms with Crippen LogP contribution in [-0.2, 0) is 28.6 Å². The van der Waals surface area contributed by atoms with Crippen LogP contribution in [0, 0.1) is 0 Å². The zero-order chi connectivity index (χ0) is 37.1. The number of carboxylic acid groups (broad SMARTS) is 1. The maximum Gasteiger partial charge on any atom is 0.362 e. The second-order valence-corrected chi connectivity index (χ2v) is 13.6. The first-order valence-corrected chi connectivity index (χ1v) is 19.1. The molecule has 0 bridgehead atoms. The number of likely N-dealkylation sites (N-methyl/N-ethyl adjacent to an activating group) is 1. The van der Waals surface area contributed by atoms with E-state index in [1.54, 1.807) is 0 Å². The average Bonchev–Trinajstić information content (AvgIpc) is 3.06. The predicted octanol–water partition coefficient (Wildman–Crippen LogP) is 9.63. The molecule has 284 valence electrons. The van der Waals surface area contributed by atoms with Crippen LogP contribution in [0.5, 0.6) is 0 Å². The van der Waals surface area contributed by atoms with Crippen molar-refractivity contribution >= 4 is 17.9 Å². The molecule has 0 amide bonds. The summed E-state index contributed by atoms with van der Waals surface area (Å²) in [6.07, 6.45) is 39.4. The number of esters is 2. The Bertz CT molecular complexity index is 1050. The fraction of sp³-hybridized carbons (Fsp3) is 0.643. The van der Waals surface area contributed by atoms with Gasteiger partial charge in [0.05, 0.1) is 34.4 Å². The molecule has 2 unspecified atom stereocenters. The van der Waals surface area contributed by atoms with Gasteiger partial charge in [-0.2, -0.15) is 0 Å². The Morgan fingerprint density at radius 3 is 1.66 bits per heavy atom. The number of hydrogen-bond donors (Lipinski definition) is 1. The summed E-state index contributed by atoms with van der Waals surface area (Å²) in [6.45, 7) is 4.49. The summed E-state index contributed by atoms with van der Waals surface area (Å²) in [4.78, 5) is 36.7. The summed E-state index contributed by atoms with van der Waals surface area (Å²) < 4.78 is 17.1. The van der Waals surface area contributed by atoms with Crippen molar-refractivity contribution in [2.75, 3.05) is 41.0 Å². The Kier molecular flexibility index (Phi) is 30.8. The number of nitrogens with zero attached hydrogens (tertiary/aromatic N) is 1. The Morgan fingerprint density at radius 1 is 0.620 bits per heavy atom. The number of allylic oxidation sites excluding steroid dienone is 12. The highest BCUT2D eigenvalue weighted by molar-refractivity contribution is 5.72. The molecule has 8 heteroatoms. The van der Waals surface area contributed by atoms with Crippen molar-refractivity contribution in [2.24, 2.45) is 0 Å². The Morgan fingerprint density at radius 2 is 1.12 bits per heavy atom. The lowest BCUT2D eigenvalue weighted by Gasteiger charge is -2.31. The van der Waals surface area contributed by atoms with Gasteiger partial charge in [-0.1, -0.05) is 145 Å². The Labute approximate surface area is 304 Å². The largest absolute Gasteiger partial charge is 0.477 e. The van der Waals surface area contributed by atoms with E-state index >= 15 is 0 Å². The fourth-order valence-corrected chi connectivity index (χ4v) is 5.06. The van der Waals surface area contributed by atoms with Crippen molar-refractivity contribution in [3.05, 3.63) is 72.9 Å². The molecule has 0 aliphatic rings. The molecule has 0 rings (SSSR count). The zero-order valence-electron chi connectivity index (χ0n) is 32.1. The monoisotopic (exact) mass is 701 g/mol. The molecule has 0 radical (unpaired) electrons. The maximum atomic E-state index is 12.6. The van der Waals surface area contributed by atoms with Crippen molar-refractivity contribution in [1.29, 1.82) is 0 Å². The molecule has 0 aliphatic carbocycles. The van der Waals surface area contributed by atoms with Crippen LogP contribution in [-0.4, -0.2) is 80.6 Å². The van der Waals surface area contributed by atoms with Gasteiger partial charge in [0.15, 0.2) is 12.1 Å². The first-order chi connectivity index (χ1) is 24.1. The maximum absolute atomic E-state index is 12.6. The molecule has 0 aromatic heterocycles. The van der Waals surface area contributed by atoms with Crippen LogP contribution in [0.3, 0.4) is 0 Å². The van der Waals surface area contributed by atoms with Crippen molar-refractivity contribution in [1.82, 2.24) is 0 Å². The first kappa shape index (κ1) is 46.8. The molecule has 2 atom stereocenters. The summed E-state index contributed by atoms with van der Waals surface area (Å²) in [5.41, 5.74) is 0. The molecular formula is C42H70NO7+. The standard InChI is InChI=1S/C42H69NO7/c1-6-8-10-12-14-16-17-18-19-20-21-22-23-25-27-29-31-33-41(45)50-38(36-48-35-34-39(42(46)47)43(3,4)5)37-49-40(44)32-30-28-26-24-15-13-11-9-7-2/h8,10,12,14,16-23,38-39H,6-7,9,11,13,15,24-37H2,1-5H3/p+1/b10-8+,14-12+,17-16+,19-18+,21-20+,23-22+. The summed E-state index contributed by atoms with van der Waals surface area (Å²) in [5.74, 6) is -1.54. The molecule has 0 saturated carbocycles. The summed E-state index contributed by atoms with van der Waals surface area (Å²) in [7, 11) is 5.49. The Hall–Kier alpha value is -3.23. The summed E-state index contributed by atoms with van der Waals surface area (Å²) in [5, 5.41) is 9.57. The van der Waals surface area contributed by atoms with E-state index in [1.165, 1.54) is 38.5 Å². The minimum atomic E-state index is -0.887. The van der Waals surface area contributed by atoms with E-state index in [0.717, 1.165) is 44.9 Å². The van der Waals surface area contributed by atoms with E-state index in [4.69, 9.17) is 14.2 Å². The van der Waals surface area contributed by atoms with Crippen LogP contribution in [0.15, 0.2) is 72.9 Å². The van der Waals surface area contributed by atoms with Gasteiger partial charge in [0.1, 0.15) is 6.61 Å². The topological polar surface area (TPSA) is 99.1 Å². The molecule has 0 aromatic carbocycles. The van der Waals surface area contributed by atoms with Crippen LogP contribution < -0.4 is 0 Å². The van der Waals surface area contributed by atoms with Gasteiger partial charge in [-0.25, -0.2) is 4.79 Å². The van der Waals surface area contributed by atoms with Gasteiger partial charge >= 0.3 is 17.9 Å². The van der Waals surface area contributed by atoms with Crippen LogP contribution in [0.2, 0.25) is 0 Å². The van der Waals surface area contributed by atoms with Crippen molar-refractivity contribution in [3.63, 3.8) is 0 Å². The van der Waals surface area contributed by atoms with Crippen molar-refractivity contribution < 1.29 is 38.2 Å². The number of ether oxygens (including phenoxy) is 3. The lowest BCUT2D eigenvalue weighted by molar-refractivity contribution is -0.887. The SMILES string of the molecule is CC/C=C/C=C/C=C/C=C/C=C/C=C/CCCCCC(=O)OC(COCCC(C(=O)O)[N+](C)(C)C)COC(=O)CCCCCCCCCCC. The molecule has 0 fully saturated rings.